The highest BCUT2D eigenvalue weighted by Crippen LogP contribution is 2.37. The third kappa shape index (κ3) is 3.50. The molecule has 19 heavy (non-hydrogen) atoms. The maximum Gasteiger partial charge on any atom is 0.347 e. The number of esters is 1. The second-order valence-electron chi connectivity index (χ2n) is 5.24. The molecule has 0 heterocycles. The lowest BCUT2D eigenvalue weighted by Gasteiger charge is -2.20. The monoisotopic (exact) mass is 326 g/mol. The second-order valence-corrected chi connectivity index (χ2v) is 6.15. The standard InChI is InChI=1S/C15H19BrO3/c1-9(2)12-8-11(16)6-7-13(12)19-14(10-4-5-10)15(17)18-3/h6-10,14H,4-5H2,1-3H3. The summed E-state index contributed by atoms with van der Waals surface area (Å²) < 4.78 is 11.8. The Morgan fingerprint density at radius 1 is 1.37 bits per heavy atom. The third-order valence-electron chi connectivity index (χ3n) is 3.33. The number of hydrogen-bond acceptors (Lipinski definition) is 3. The van der Waals surface area contributed by atoms with Crippen LogP contribution < -0.4 is 4.74 Å². The minimum Gasteiger partial charge on any atom is -0.478 e. The van der Waals surface area contributed by atoms with Gasteiger partial charge < -0.3 is 9.47 Å². The van der Waals surface area contributed by atoms with E-state index in [0.717, 1.165) is 28.6 Å². The van der Waals surface area contributed by atoms with E-state index < -0.39 is 6.10 Å². The molecule has 4 heteroatoms. The van der Waals surface area contributed by atoms with Gasteiger partial charge in [0.1, 0.15) is 5.75 Å². The van der Waals surface area contributed by atoms with Gasteiger partial charge in [0.2, 0.25) is 0 Å². The van der Waals surface area contributed by atoms with Gasteiger partial charge in [0.15, 0.2) is 6.10 Å². The highest BCUT2D eigenvalue weighted by Gasteiger charge is 2.39. The van der Waals surface area contributed by atoms with Gasteiger partial charge in [-0.1, -0.05) is 29.8 Å². The van der Waals surface area contributed by atoms with Crippen LogP contribution in [-0.2, 0) is 9.53 Å². The Hall–Kier alpha value is -1.03. The number of benzene rings is 1. The van der Waals surface area contributed by atoms with E-state index in [9.17, 15) is 4.79 Å². The lowest BCUT2D eigenvalue weighted by Crippen LogP contribution is -2.31. The fraction of sp³-hybridized carbons (Fsp3) is 0.533. The largest absolute Gasteiger partial charge is 0.478 e. The molecule has 1 aromatic carbocycles. The zero-order valence-corrected chi connectivity index (χ0v) is 13.1. The first-order valence-electron chi connectivity index (χ1n) is 6.57. The van der Waals surface area contributed by atoms with Crippen LogP contribution in [0.3, 0.4) is 0 Å². The fourth-order valence-electron chi connectivity index (χ4n) is 2.07. The Balaban J connectivity index is 2.23. The molecule has 1 atom stereocenters. The van der Waals surface area contributed by atoms with Gasteiger partial charge in [-0.3, -0.25) is 0 Å². The second kappa shape index (κ2) is 5.95. The zero-order valence-electron chi connectivity index (χ0n) is 11.5. The topological polar surface area (TPSA) is 35.5 Å². The first kappa shape index (κ1) is 14.4. The number of methoxy groups -OCH3 is 1. The molecule has 0 amide bonds. The maximum absolute atomic E-state index is 11.8. The van der Waals surface area contributed by atoms with E-state index in [1.807, 2.05) is 18.2 Å². The molecule has 0 radical (unpaired) electrons. The van der Waals surface area contributed by atoms with E-state index in [2.05, 4.69) is 29.8 Å². The van der Waals surface area contributed by atoms with Crippen molar-refractivity contribution in [3.05, 3.63) is 28.2 Å². The molecule has 0 aromatic heterocycles. The van der Waals surface area contributed by atoms with Crippen molar-refractivity contribution in [3.8, 4) is 5.75 Å². The summed E-state index contributed by atoms with van der Waals surface area (Å²) in [6, 6.07) is 5.89. The van der Waals surface area contributed by atoms with Crippen molar-refractivity contribution >= 4 is 21.9 Å². The molecule has 1 aromatic rings. The van der Waals surface area contributed by atoms with Crippen LogP contribution in [0.5, 0.6) is 5.75 Å². The molecule has 1 aliphatic carbocycles. The van der Waals surface area contributed by atoms with Gasteiger partial charge in [-0.2, -0.15) is 0 Å². The number of hydrogen-bond donors (Lipinski definition) is 0. The molecule has 0 saturated heterocycles. The molecule has 1 unspecified atom stereocenters. The van der Waals surface area contributed by atoms with Crippen molar-refractivity contribution in [2.45, 2.75) is 38.7 Å². The Bertz CT molecular complexity index is 466. The number of rotatable bonds is 5. The van der Waals surface area contributed by atoms with Crippen LogP contribution in [0.2, 0.25) is 0 Å². The molecule has 3 nitrogen and oxygen atoms in total. The number of ether oxygens (including phenoxy) is 2. The van der Waals surface area contributed by atoms with Gasteiger partial charge in [-0.15, -0.1) is 0 Å². The van der Waals surface area contributed by atoms with Gasteiger partial charge in [0, 0.05) is 10.4 Å². The molecule has 0 bridgehead atoms. The minimum absolute atomic E-state index is 0.278. The molecule has 2 rings (SSSR count). The van der Waals surface area contributed by atoms with Crippen molar-refractivity contribution in [1.82, 2.24) is 0 Å². The van der Waals surface area contributed by atoms with Crippen molar-refractivity contribution < 1.29 is 14.3 Å². The summed E-state index contributed by atoms with van der Waals surface area (Å²) in [6.45, 7) is 4.22. The first-order chi connectivity index (χ1) is 9.02. The van der Waals surface area contributed by atoms with Crippen molar-refractivity contribution in [3.63, 3.8) is 0 Å². The molecule has 104 valence electrons. The molecule has 0 spiro atoms. The van der Waals surface area contributed by atoms with Gasteiger partial charge in [0.25, 0.3) is 0 Å². The lowest BCUT2D eigenvalue weighted by molar-refractivity contribution is -0.149. The van der Waals surface area contributed by atoms with E-state index in [0.29, 0.717) is 11.8 Å². The predicted octanol–water partition coefficient (Wildman–Crippen LogP) is 3.90. The van der Waals surface area contributed by atoms with E-state index in [1.54, 1.807) is 0 Å². The number of carbonyl (C=O) groups excluding carboxylic acids is 1. The smallest absolute Gasteiger partial charge is 0.347 e. The quantitative estimate of drug-likeness (QED) is 0.770. The van der Waals surface area contributed by atoms with E-state index in [-0.39, 0.29) is 5.97 Å². The molecule has 0 aliphatic heterocycles. The van der Waals surface area contributed by atoms with Crippen LogP contribution in [0.1, 0.15) is 38.2 Å². The maximum atomic E-state index is 11.8. The summed E-state index contributed by atoms with van der Waals surface area (Å²) in [4.78, 5) is 11.8. The van der Waals surface area contributed by atoms with E-state index >= 15 is 0 Å². The lowest BCUT2D eigenvalue weighted by atomic mass is 10.0. The summed E-state index contributed by atoms with van der Waals surface area (Å²) in [7, 11) is 1.41. The van der Waals surface area contributed by atoms with Crippen LogP contribution in [0.4, 0.5) is 0 Å². The SMILES string of the molecule is COC(=O)C(Oc1ccc(Br)cc1C(C)C)C1CC1. The average Bonchev–Trinajstić information content (AvgIpc) is 3.20. The number of carbonyl (C=O) groups is 1. The van der Waals surface area contributed by atoms with Crippen LogP contribution in [0.15, 0.2) is 22.7 Å². The highest BCUT2D eigenvalue weighted by molar-refractivity contribution is 9.10. The molecular weight excluding hydrogens is 308 g/mol. The average molecular weight is 327 g/mol. The Morgan fingerprint density at radius 3 is 2.58 bits per heavy atom. The van der Waals surface area contributed by atoms with Crippen molar-refractivity contribution in [2.75, 3.05) is 7.11 Å². The summed E-state index contributed by atoms with van der Waals surface area (Å²) in [5.41, 5.74) is 1.10. The summed E-state index contributed by atoms with van der Waals surface area (Å²) in [5.74, 6) is 1.14. The number of halogens is 1. The van der Waals surface area contributed by atoms with Gasteiger partial charge in [0.05, 0.1) is 7.11 Å². The fourth-order valence-corrected chi connectivity index (χ4v) is 2.45. The van der Waals surface area contributed by atoms with E-state index in [1.165, 1.54) is 7.11 Å². The summed E-state index contributed by atoms with van der Waals surface area (Å²) in [5, 5.41) is 0. The Kier molecular flexibility index (Phi) is 4.50. The Labute approximate surface area is 122 Å². The molecule has 1 fully saturated rings. The Morgan fingerprint density at radius 2 is 2.05 bits per heavy atom. The van der Waals surface area contributed by atoms with Crippen LogP contribution in [-0.4, -0.2) is 19.2 Å². The van der Waals surface area contributed by atoms with Crippen LogP contribution in [0.25, 0.3) is 0 Å². The predicted molar refractivity (Wildman–Crippen MR) is 77.4 cm³/mol. The summed E-state index contributed by atoms with van der Waals surface area (Å²) >= 11 is 3.47. The molecule has 1 aliphatic rings. The van der Waals surface area contributed by atoms with Gasteiger partial charge in [-0.25, -0.2) is 4.79 Å². The van der Waals surface area contributed by atoms with Crippen LogP contribution >= 0.6 is 15.9 Å². The zero-order chi connectivity index (χ0) is 14.0. The van der Waals surface area contributed by atoms with Crippen molar-refractivity contribution in [1.29, 1.82) is 0 Å². The van der Waals surface area contributed by atoms with E-state index in [4.69, 9.17) is 9.47 Å². The van der Waals surface area contributed by atoms with Gasteiger partial charge in [-0.05, 0) is 42.5 Å². The minimum atomic E-state index is -0.469. The summed E-state index contributed by atoms with van der Waals surface area (Å²) in [6.07, 6.45) is 1.60. The highest BCUT2D eigenvalue weighted by atomic mass is 79.9. The third-order valence-corrected chi connectivity index (χ3v) is 3.82. The first-order valence-corrected chi connectivity index (χ1v) is 7.36. The molecule has 0 N–H and O–H groups in total. The molecule has 1 saturated carbocycles. The van der Waals surface area contributed by atoms with Crippen molar-refractivity contribution in [2.24, 2.45) is 5.92 Å². The normalized spacial score (nSPS) is 16.3. The molecular formula is C15H19BrO3. The van der Waals surface area contributed by atoms with Crippen LogP contribution in [0, 0.1) is 5.92 Å². The van der Waals surface area contributed by atoms with Gasteiger partial charge >= 0.3 is 5.97 Å².